The predicted molar refractivity (Wildman–Crippen MR) is 76.5 cm³/mol. The molecule has 0 aliphatic rings. The Morgan fingerprint density at radius 1 is 1.17 bits per heavy atom. The van der Waals surface area contributed by atoms with E-state index in [-0.39, 0.29) is 5.91 Å². The van der Waals surface area contributed by atoms with E-state index in [4.69, 9.17) is 0 Å². The molecule has 1 N–H and O–H groups in total. The zero-order valence-corrected chi connectivity index (χ0v) is 11.7. The molecule has 3 heteroatoms. The second kappa shape index (κ2) is 5.83. The number of benzene rings is 2. The van der Waals surface area contributed by atoms with Gasteiger partial charge in [-0.1, -0.05) is 46.3 Å². The van der Waals surface area contributed by atoms with Crippen molar-refractivity contribution in [1.82, 2.24) is 5.32 Å². The van der Waals surface area contributed by atoms with Crippen LogP contribution in [0.5, 0.6) is 0 Å². The number of carbonyl (C=O) groups excluding carboxylic acids is 1. The Kier molecular flexibility index (Phi) is 4.15. The van der Waals surface area contributed by atoms with Crippen LogP contribution in [0.25, 0.3) is 0 Å². The highest BCUT2D eigenvalue weighted by Gasteiger charge is 2.07. The summed E-state index contributed by atoms with van der Waals surface area (Å²) in [6, 6.07) is 15.5. The topological polar surface area (TPSA) is 29.1 Å². The molecule has 0 aliphatic heterocycles. The lowest BCUT2D eigenvalue weighted by Crippen LogP contribution is -2.23. The molecule has 2 rings (SSSR count). The fraction of sp³-hybridized carbons (Fsp3) is 0.133. The zero-order chi connectivity index (χ0) is 13.0. The molecule has 0 aromatic heterocycles. The molecule has 0 unspecified atom stereocenters. The highest BCUT2D eigenvalue weighted by molar-refractivity contribution is 9.10. The summed E-state index contributed by atoms with van der Waals surface area (Å²) in [4.78, 5) is 12.0. The highest BCUT2D eigenvalue weighted by Crippen LogP contribution is 2.12. The van der Waals surface area contributed by atoms with Gasteiger partial charge >= 0.3 is 0 Å². The Labute approximate surface area is 115 Å². The molecule has 1 amide bonds. The third kappa shape index (κ3) is 3.20. The first-order chi connectivity index (χ1) is 8.66. The first kappa shape index (κ1) is 12.8. The number of carbonyl (C=O) groups is 1. The van der Waals surface area contributed by atoms with Crippen molar-refractivity contribution < 1.29 is 4.79 Å². The van der Waals surface area contributed by atoms with E-state index in [9.17, 15) is 4.79 Å². The lowest BCUT2D eigenvalue weighted by molar-refractivity contribution is 0.0950. The Morgan fingerprint density at radius 2 is 1.94 bits per heavy atom. The second-order valence-electron chi connectivity index (χ2n) is 4.13. The van der Waals surface area contributed by atoms with Crippen LogP contribution in [0.15, 0.2) is 53.0 Å². The standard InChI is InChI=1S/C15H14BrNO/c1-11-5-2-3-8-14(11)15(18)17-10-12-6-4-7-13(16)9-12/h2-9H,10H2,1H3,(H,17,18). The Morgan fingerprint density at radius 3 is 2.67 bits per heavy atom. The quantitative estimate of drug-likeness (QED) is 0.920. The van der Waals surface area contributed by atoms with Crippen LogP contribution in [0.3, 0.4) is 0 Å². The monoisotopic (exact) mass is 303 g/mol. The summed E-state index contributed by atoms with van der Waals surface area (Å²) in [5.74, 6) is -0.0342. The van der Waals surface area contributed by atoms with Gasteiger partial charge in [-0.15, -0.1) is 0 Å². The normalized spacial score (nSPS) is 10.1. The van der Waals surface area contributed by atoms with E-state index in [2.05, 4.69) is 21.2 Å². The van der Waals surface area contributed by atoms with Crippen LogP contribution < -0.4 is 5.32 Å². The number of rotatable bonds is 3. The molecule has 92 valence electrons. The van der Waals surface area contributed by atoms with Crippen molar-refractivity contribution >= 4 is 21.8 Å². The van der Waals surface area contributed by atoms with Crippen molar-refractivity contribution in [2.24, 2.45) is 0 Å². The van der Waals surface area contributed by atoms with Gasteiger partial charge in [-0.2, -0.15) is 0 Å². The van der Waals surface area contributed by atoms with E-state index in [1.54, 1.807) is 0 Å². The smallest absolute Gasteiger partial charge is 0.251 e. The predicted octanol–water partition coefficient (Wildman–Crippen LogP) is 3.69. The van der Waals surface area contributed by atoms with Gasteiger partial charge in [-0.3, -0.25) is 4.79 Å². The van der Waals surface area contributed by atoms with Gasteiger partial charge in [0.1, 0.15) is 0 Å². The molecule has 0 saturated heterocycles. The largest absolute Gasteiger partial charge is 0.348 e. The van der Waals surface area contributed by atoms with E-state index in [0.29, 0.717) is 6.54 Å². The summed E-state index contributed by atoms with van der Waals surface area (Å²) in [5, 5.41) is 2.92. The van der Waals surface area contributed by atoms with Crippen LogP contribution in [-0.4, -0.2) is 5.91 Å². The summed E-state index contributed by atoms with van der Waals surface area (Å²) in [6.07, 6.45) is 0. The summed E-state index contributed by atoms with van der Waals surface area (Å²) in [6.45, 7) is 2.47. The van der Waals surface area contributed by atoms with Crippen LogP contribution in [-0.2, 0) is 6.54 Å². The van der Waals surface area contributed by atoms with E-state index in [0.717, 1.165) is 21.2 Å². The number of hydrogen-bond acceptors (Lipinski definition) is 1. The number of nitrogens with one attached hydrogen (secondary N) is 1. The average molecular weight is 304 g/mol. The van der Waals surface area contributed by atoms with Gasteiger partial charge in [-0.25, -0.2) is 0 Å². The molecular weight excluding hydrogens is 290 g/mol. The number of halogens is 1. The molecule has 2 nitrogen and oxygen atoms in total. The molecule has 2 aromatic carbocycles. The van der Waals surface area contributed by atoms with E-state index in [1.807, 2.05) is 55.5 Å². The van der Waals surface area contributed by atoms with Crippen LogP contribution in [0, 0.1) is 6.92 Å². The van der Waals surface area contributed by atoms with Gasteiger partial charge in [0.2, 0.25) is 0 Å². The molecule has 0 spiro atoms. The summed E-state index contributed by atoms with van der Waals surface area (Å²) < 4.78 is 1.02. The molecule has 0 saturated carbocycles. The minimum Gasteiger partial charge on any atom is -0.348 e. The number of hydrogen-bond donors (Lipinski definition) is 1. The molecule has 0 heterocycles. The summed E-state index contributed by atoms with van der Waals surface area (Å²) >= 11 is 3.41. The molecule has 0 radical (unpaired) electrons. The van der Waals surface area contributed by atoms with Crippen LogP contribution >= 0.6 is 15.9 Å². The van der Waals surface area contributed by atoms with Crippen molar-refractivity contribution in [3.63, 3.8) is 0 Å². The lowest BCUT2D eigenvalue weighted by atomic mass is 10.1. The maximum absolute atomic E-state index is 12.0. The third-order valence-corrected chi connectivity index (χ3v) is 3.23. The lowest BCUT2D eigenvalue weighted by Gasteiger charge is -2.07. The van der Waals surface area contributed by atoms with Crippen molar-refractivity contribution in [1.29, 1.82) is 0 Å². The van der Waals surface area contributed by atoms with E-state index in [1.165, 1.54) is 0 Å². The fourth-order valence-corrected chi connectivity index (χ4v) is 2.20. The molecule has 2 aromatic rings. The Balaban J connectivity index is 2.03. The van der Waals surface area contributed by atoms with Gasteiger partial charge in [0.05, 0.1) is 0 Å². The van der Waals surface area contributed by atoms with Gasteiger partial charge in [0.25, 0.3) is 5.91 Å². The summed E-state index contributed by atoms with van der Waals surface area (Å²) in [7, 11) is 0. The number of amides is 1. The van der Waals surface area contributed by atoms with Gasteiger partial charge in [0, 0.05) is 16.6 Å². The van der Waals surface area contributed by atoms with E-state index >= 15 is 0 Å². The fourth-order valence-electron chi connectivity index (χ4n) is 1.75. The van der Waals surface area contributed by atoms with Crippen molar-refractivity contribution in [2.45, 2.75) is 13.5 Å². The molecule has 0 aliphatic carbocycles. The number of aryl methyl sites for hydroxylation is 1. The van der Waals surface area contributed by atoms with Gasteiger partial charge in [-0.05, 0) is 36.2 Å². The molecule has 18 heavy (non-hydrogen) atoms. The molecular formula is C15H14BrNO. The maximum Gasteiger partial charge on any atom is 0.251 e. The molecule has 0 atom stereocenters. The van der Waals surface area contributed by atoms with Crippen molar-refractivity contribution in [3.8, 4) is 0 Å². The van der Waals surface area contributed by atoms with Crippen LogP contribution in [0.4, 0.5) is 0 Å². The minimum absolute atomic E-state index is 0.0342. The Bertz CT molecular complexity index is 566. The van der Waals surface area contributed by atoms with Gasteiger partial charge < -0.3 is 5.32 Å². The zero-order valence-electron chi connectivity index (χ0n) is 10.1. The van der Waals surface area contributed by atoms with Crippen molar-refractivity contribution in [2.75, 3.05) is 0 Å². The van der Waals surface area contributed by atoms with Crippen molar-refractivity contribution in [3.05, 3.63) is 69.7 Å². The first-order valence-corrected chi connectivity index (χ1v) is 6.54. The van der Waals surface area contributed by atoms with E-state index < -0.39 is 0 Å². The second-order valence-corrected chi connectivity index (χ2v) is 5.04. The SMILES string of the molecule is Cc1ccccc1C(=O)NCc1cccc(Br)c1. The van der Waals surface area contributed by atoms with Crippen LogP contribution in [0.2, 0.25) is 0 Å². The first-order valence-electron chi connectivity index (χ1n) is 5.75. The third-order valence-electron chi connectivity index (χ3n) is 2.73. The Hall–Kier alpha value is -1.61. The van der Waals surface area contributed by atoms with Gasteiger partial charge in [0.15, 0.2) is 0 Å². The molecule has 0 fully saturated rings. The average Bonchev–Trinajstić information content (AvgIpc) is 2.37. The maximum atomic E-state index is 12.0. The minimum atomic E-state index is -0.0342. The van der Waals surface area contributed by atoms with Crippen LogP contribution in [0.1, 0.15) is 21.5 Å². The summed E-state index contributed by atoms with van der Waals surface area (Å²) in [5.41, 5.74) is 2.79. The highest BCUT2D eigenvalue weighted by atomic mass is 79.9. The molecule has 0 bridgehead atoms.